The number of benzene rings is 3. The molecule has 0 aliphatic carbocycles. The Morgan fingerprint density at radius 3 is 2.48 bits per heavy atom. The van der Waals surface area contributed by atoms with Crippen LogP contribution in [0, 0.1) is 0 Å². The van der Waals surface area contributed by atoms with Crippen molar-refractivity contribution in [1.29, 1.82) is 0 Å². The van der Waals surface area contributed by atoms with Crippen molar-refractivity contribution in [1.82, 2.24) is 0 Å². The van der Waals surface area contributed by atoms with Gasteiger partial charge in [-0.3, -0.25) is 0 Å². The summed E-state index contributed by atoms with van der Waals surface area (Å²) >= 11 is 0. The van der Waals surface area contributed by atoms with Gasteiger partial charge in [-0.2, -0.15) is 0 Å². The summed E-state index contributed by atoms with van der Waals surface area (Å²) in [6.07, 6.45) is 7.16. The van der Waals surface area contributed by atoms with Gasteiger partial charge in [0.15, 0.2) is 0 Å². The van der Waals surface area contributed by atoms with Crippen LogP contribution in [0.3, 0.4) is 0 Å². The predicted molar refractivity (Wildman–Crippen MR) is 101 cm³/mol. The molecule has 3 rings (SSSR count). The number of hydrogen-bond donors (Lipinski definition) is 1. The van der Waals surface area contributed by atoms with Crippen LogP contribution >= 0.6 is 0 Å². The molecule has 0 aliphatic rings. The Morgan fingerprint density at radius 1 is 0.913 bits per heavy atom. The molecule has 0 amide bonds. The largest absolute Gasteiger partial charge is 0.398 e. The molecule has 0 spiro atoms. The van der Waals surface area contributed by atoms with Gasteiger partial charge in [0.05, 0.1) is 0 Å². The van der Waals surface area contributed by atoms with Gasteiger partial charge in [0.1, 0.15) is 0 Å². The molecule has 0 aliphatic heterocycles. The minimum atomic E-state index is 0.824. The van der Waals surface area contributed by atoms with Gasteiger partial charge in [-0.25, -0.2) is 0 Å². The van der Waals surface area contributed by atoms with Gasteiger partial charge in [0.2, 0.25) is 0 Å². The Labute approximate surface area is 137 Å². The van der Waals surface area contributed by atoms with Crippen molar-refractivity contribution < 1.29 is 0 Å². The number of nitrogens with two attached hydrogens (primary N) is 1. The van der Waals surface area contributed by atoms with Gasteiger partial charge in [-0.15, -0.1) is 0 Å². The molecule has 3 aromatic carbocycles. The van der Waals surface area contributed by atoms with Gasteiger partial charge in [0, 0.05) is 12.1 Å². The minimum Gasteiger partial charge on any atom is -0.398 e. The van der Waals surface area contributed by atoms with Crippen molar-refractivity contribution >= 4 is 22.0 Å². The second-order valence-electron chi connectivity index (χ2n) is 5.62. The maximum absolute atomic E-state index is 6.14. The molecular weight excluding hydrogens is 278 g/mol. The van der Waals surface area contributed by atoms with Crippen LogP contribution in [0.2, 0.25) is 0 Å². The zero-order chi connectivity index (χ0) is 16.1. The van der Waals surface area contributed by atoms with E-state index in [4.69, 9.17) is 5.73 Å². The molecule has 0 unspecified atom stereocenters. The van der Waals surface area contributed by atoms with Crippen LogP contribution in [0.25, 0.3) is 16.3 Å². The fourth-order valence-corrected chi connectivity index (χ4v) is 2.86. The molecule has 0 radical (unpaired) electrons. The number of hydrogen-bond acceptors (Lipinski definition) is 1. The van der Waals surface area contributed by atoms with Crippen molar-refractivity contribution in [2.24, 2.45) is 0 Å². The van der Waals surface area contributed by atoms with E-state index in [1.807, 2.05) is 25.1 Å². The molecule has 23 heavy (non-hydrogen) atoms. The summed E-state index contributed by atoms with van der Waals surface area (Å²) in [6, 6.07) is 23.1. The average molecular weight is 299 g/mol. The summed E-state index contributed by atoms with van der Waals surface area (Å²) in [7, 11) is 0. The summed E-state index contributed by atoms with van der Waals surface area (Å²) in [5.74, 6) is 0. The molecule has 0 heterocycles. The smallest absolute Gasteiger partial charge is 0.0349 e. The molecule has 3 aromatic rings. The third kappa shape index (κ3) is 3.35. The molecule has 0 fully saturated rings. The number of rotatable bonds is 4. The summed E-state index contributed by atoms with van der Waals surface area (Å²) < 4.78 is 0. The van der Waals surface area contributed by atoms with Crippen molar-refractivity contribution in [3.05, 3.63) is 96.1 Å². The molecule has 0 saturated heterocycles. The van der Waals surface area contributed by atoms with Crippen LogP contribution in [0.15, 0.2) is 85.0 Å². The molecule has 1 nitrogen and oxygen atoms in total. The fraction of sp³-hybridized carbons (Fsp3) is 0.0909. The van der Waals surface area contributed by atoms with Crippen LogP contribution in [-0.4, -0.2) is 0 Å². The van der Waals surface area contributed by atoms with Crippen LogP contribution < -0.4 is 5.73 Å². The Bertz CT molecular complexity index is 867. The first-order chi connectivity index (χ1) is 11.3. The average Bonchev–Trinajstić information content (AvgIpc) is 2.60. The third-order valence-electron chi connectivity index (χ3n) is 4.06. The van der Waals surface area contributed by atoms with E-state index in [-0.39, 0.29) is 0 Å². The maximum Gasteiger partial charge on any atom is 0.0349 e. The zero-order valence-electron chi connectivity index (χ0n) is 13.4. The van der Waals surface area contributed by atoms with E-state index >= 15 is 0 Å². The maximum atomic E-state index is 6.14. The molecule has 0 aromatic heterocycles. The minimum absolute atomic E-state index is 0.824. The van der Waals surface area contributed by atoms with E-state index in [9.17, 15) is 0 Å². The highest BCUT2D eigenvalue weighted by molar-refractivity contribution is 5.94. The Hall–Kier alpha value is -2.80. The topological polar surface area (TPSA) is 26.0 Å². The third-order valence-corrected chi connectivity index (χ3v) is 4.06. The highest BCUT2D eigenvalue weighted by Crippen LogP contribution is 2.29. The molecule has 114 valence electrons. The number of anilines is 1. The summed E-state index contributed by atoms with van der Waals surface area (Å²) in [5, 5.41) is 2.54. The lowest BCUT2D eigenvalue weighted by Crippen LogP contribution is -1.97. The van der Waals surface area contributed by atoms with E-state index in [1.165, 1.54) is 21.9 Å². The standard InChI is InChI=1S/C22H21N/c1-2-3-9-18(16-19-11-5-7-15-22(19)23)21-14-8-12-17-10-4-6-13-20(17)21/h2-15H,16,23H2,1H3/b3-2-,18-9+. The zero-order valence-corrected chi connectivity index (χ0v) is 13.4. The highest BCUT2D eigenvalue weighted by Gasteiger charge is 2.08. The van der Waals surface area contributed by atoms with Crippen molar-refractivity contribution in [2.75, 3.05) is 5.73 Å². The molecular formula is C22H21N. The molecule has 0 atom stereocenters. The first-order valence-electron chi connectivity index (χ1n) is 7.93. The van der Waals surface area contributed by atoms with Gasteiger partial charge in [-0.05, 0) is 40.5 Å². The molecule has 2 N–H and O–H groups in total. The first-order valence-corrected chi connectivity index (χ1v) is 7.93. The summed E-state index contributed by atoms with van der Waals surface area (Å²) in [6.45, 7) is 2.04. The predicted octanol–water partition coefficient (Wildman–Crippen LogP) is 5.62. The van der Waals surface area contributed by atoms with Crippen molar-refractivity contribution in [3.8, 4) is 0 Å². The second-order valence-corrected chi connectivity index (χ2v) is 5.62. The van der Waals surface area contributed by atoms with Gasteiger partial charge in [0.25, 0.3) is 0 Å². The van der Waals surface area contributed by atoms with E-state index in [0.717, 1.165) is 17.7 Å². The second kappa shape index (κ2) is 6.97. The number of allylic oxidation sites excluding steroid dienone is 4. The Balaban J connectivity index is 2.11. The Kier molecular flexibility index (Phi) is 4.58. The lowest BCUT2D eigenvalue weighted by molar-refractivity contribution is 1.29. The van der Waals surface area contributed by atoms with Gasteiger partial charge < -0.3 is 5.73 Å². The fourth-order valence-electron chi connectivity index (χ4n) is 2.86. The van der Waals surface area contributed by atoms with E-state index < -0.39 is 0 Å². The van der Waals surface area contributed by atoms with Crippen LogP contribution in [0.5, 0.6) is 0 Å². The van der Waals surface area contributed by atoms with Gasteiger partial charge in [-0.1, -0.05) is 78.9 Å². The number of fused-ring (bicyclic) bond motifs is 1. The quantitative estimate of drug-likeness (QED) is 0.491. The monoisotopic (exact) mass is 299 g/mol. The molecule has 1 heteroatoms. The molecule has 0 bridgehead atoms. The first kappa shape index (κ1) is 15.1. The van der Waals surface area contributed by atoms with E-state index in [2.05, 4.69) is 66.8 Å². The lowest BCUT2D eigenvalue weighted by Gasteiger charge is -2.12. The van der Waals surface area contributed by atoms with Gasteiger partial charge >= 0.3 is 0 Å². The van der Waals surface area contributed by atoms with Crippen LogP contribution in [-0.2, 0) is 6.42 Å². The lowest BCUT2D eigenvalue weighted by atomic mass is 9.93. The molecule has 0 saturated carbocycles. The van der Waals surface area contributed by atoms with Crippen molar-refractivity contribution in [3.63, 3.8) is 0 Å². The number of nitrogen functional groups attached to an aromatic ring is 1. The Morgan fingerprint density at radius 2 is 1.65 bits per heavy atom. The van der Waals surface area contributed by atoms with E-state index in [0.29, 0.717) is 0 Å². The highest BCUT2D eigenvalue weighted by atomic mass is 14.6. The normalized spacial score (nSPS) is 12.1. The van der Waals surface area contributed by atoms with Crippen LogP contribution in [0.4, 0.5) is 5.69 Å². The SMILES string of the molecule is C/C=C\C=C(/Cc1ccccc1N)c1cccc2ccccc12. The van der Waals surface area contributed by atoms with Crippen molar-refractivity contribution in [2.45, 2.75) is 13.3 Å². The number of para-hydroxylation sites is 1. The summed E-state index contributed by atoms with van der Waals surface area (Å²) in [4.78, 5) is 0. The summed E-state index contributed by atoms with van der Waals surface area (Å²) in [5.41, 5.74) is 10.7. The van der Waals surface area contributed by atoms with Crippen LogP contribution in [0.1, 0.15) is 18.1 Å². The van der Waals surface area contributed by atoms with E-state index in [1.54, 1.807) is 0 Å².